The van der Waals surface area contributed by atoms with E-state index in [2.05, 4.69) is 39.4 Å². The lowest BCUT2D eigenvalue weighted by atomic mass is 10.1. The Morgan fingerprint density at radius 2 is 1.82 bits per heavy atom. The van der Waals surface area contributed by atoms with E-state index in [4.69, 9.17) is 13.7 Å². The molecule has 1 saturated heterocycles. The van der Waals surface area contributed by atoms with Gasteiger partial charge in [-0.25, -0.2) is 0 Å². The average Bonchev–Trinajstić information content (AvgIpc) is 3.40. The number of pyridine rings is 1. The molecule has 1 unspecified atom stereocenters. The Bertz CT molecular complexity index is 1540. The number of phosphoric acid groups is 1. The van der Waals surface area contributed by atoms with Gasteiger partial charge in [0.1, 0.15) is 0 Å². The van der Waals surface area contributed by atoms with Gasteiger partial charge in [0.05, 0.1) is 5.52 Å². The third-order valence-electron chi connectivity index (χ3n) is 6.60. The fraction of sp³-hybridized carbons (Fsp3) is 0.261. The van der Waals surface area contributed by atoms with Gasteiger partial charge >= 0.3 is 13.4 Å². The van der Waals surface area contributed by atoms with Crippen molar-refractivity contribution in [3.05, 3.63) is 63.8 Å². The molecule has 3 aliphatic heterocycles. The van der Waals surface area contributed by atoms with E-state index in [1.54, 1.807) is 11.3 Å². The first-order valence-electron chi connectivity index (χ1n) is 10.9. The van der Waals surface area contributed by atoms with Crippen molar-refractivity contribution in [2.75, 3.05) is 37.6 Å². The van der Waals surface area contributed by atoms with Gasteiger partial charge in [-0.15, -0.1) is 16.1 Å². The van der Waals surface area contributed by atoms with Gasteiger partial charge in [-0.2, -0.15) is 4.57 Å². The predicted octanol–water partition coefficient (Wildman–Crippen LogP) is 3.90. The highest BCUT2D eigenvalue weighted by Crippen LogP contribution is 2.60. The maximum absolute atomic E-state index is 12.5. The number of nitrogens with zero attached hydrogens (tertiary/aromatic N) is 3. The van der Waals surface area contributed by atoms with E-state index in [-0.39, 0.29) is 11.5 Å². The molecule has 0 aliphatic carbocycles. The molecule has 168 valence electrons. The molecule has 5 heterocycles. The monoisotopic (exact) mass is 481 g/mol. The number of rotatable bonds is 4. The van der Waals surface area contributed by atoms with Gasteiger partial charge in [-0.05, 0) is 47.7 Å². The minimum absolute atomic E-state index is 0.0270. The lowest BCUT2D eigenvalue weighted by Crippen LogP contribution is -2.47. The van der Waals surface area contributed by atoms with Crippen LogP contribution < -0.4 is 24.1 Å². The first-order valence-corrected chi connectivity index (χ1v) is 13.3. The molecule has 0 radical (unpaired) electrons. The van der Waals surface area contributed by atoms with Gasteiger partial charge in [0.15, 0.2) is 5.75 Å². The Morgan fingerprint density at radius 3 is 2.70 bits per heavy atom. The summed E-state index contributed by atoms with van der Waals surface area (Å²) in [5.74, 6) is 0.191. The van der Waals surface area contributed by atoms with Crippen molar-refractivity contribution in [2.45, 2.75) is 6.42 Å². The Kier molecular flexibility index (Phi) is 4.13. The number of aromatic nitrogens is 1. The summed E-state index contributed by atoms with van der Waals surface area (Å²) in [5, 5.41) is 4.16. The van der Waals surface area contributed by atoms with Crippen LogP contribution in [0.15, 0.2) is 52.6 Å². The molecule has 1 fully saturated rings. The van der Waals surface area contributed by atoms with E-state index in [0.29, 0.717) is 10.9 Å². The van der Waals surface area contributed by atoms with Gasteiger partial charge in [-0.1, -0.05) is 12.1 Å². The average molecular weight is 481 g/mol. The van der Waals surface area contributed by atoms with E-state index in [1.807, 2.05) is 18.2 Å². The number of hydrogen-bond donors (Lipinski definition) is 0. The number of fused-ring (bicyclic) bond motifs is 6. The molecule has 0 amide bonds. The summed E-state index contributed by atoms with van der Waals surface area (Å²) in [6.07, 6.45) is 0.844. The molecule has 4 aromatic rings. The second-order valence-electron chi connectivity index (χ2n) is 8.51. The van der Waals surface area contributed by atoms with Crippen molar-refractivity contribution >= 4 is 45.8 Å². The molecule has 2 aromatic carbocycles. The van der Waals surface area contributed by atoms with Crippen LogP contribution in [0.2, 0.25) is 0 Å². The van der Waals surface area contributed by atoms with Crippen LogP contribution in [0.3, 0.4) is 0 Å². The first-order chi connectivity index (χ1) is 16.1. The predicted molar refractivity (Wildman–Crippen MR) is 128 cm³/mol. The molecule has 10 heteroatoms. The minimum Gasteiger partial charge on any atom is -0.380 e. The highest BCUT2D eigenvalue weighted by Gasteiger charge is 2.50. The number of hydrogen-bond acceptors (Lipinski definition) is 8. The summed E-state index contributed by atoms with van der Waals surface area (Å²) >= 11 is 1.79. The molecule has 1 atom stereocenters. The maximum atomic E-state index is 12.5. The van der Waals surface area contributed by atoms with Gasteiger partial charge in [0, 0.05) is 53.9 Å². The molecule has 7 rings (SSSR count). The Morgan fingerprint density at radius 1 is 0.970 bits per heavy atom. The van der Waals surface area contributed by atoms with Crippen molar-refractivity contribution in [2.24, 2.45) is 0 Å². The van der Waals surface area contributed by atoms with Gasteiger partial charge < -0.3 is 13.9 Å². The van der Waals surface area contributed by atoms with Crippen molar-refractivity contribution < 1.29 is 18.2 Å². The van der Waals surface area contributed by atoms with Crippen molar-refractivity contribution in [1.29, 1.82) is 0 Å². The van der Waals surface area contributed by atoms with Crippen LogP contribution >= 0.6 is 19.2 Å². The molecule has 8 nitrogen and oxygen atoms in total. The normalized spacial score (nSPS) is 21.4. The first kappa shape index (κ1) is 19.5. The third kappa shape index (κ3) is 3.00. The van der Waals surface area contributed by atoms with E-state index in [0.717, 1.165) is 49.4 Å². The fourth-order valence-corrected chi connectivity index (χ4v) is 6.96. The van der Waals surface area contributed by atoms with Gasteiger partial charge in [0.2, 0.25) is 5.75 Å². The molecule has 3 aliphatic rings. The summed E-state index contributed by atoms with van der Waals surface area (Å²) in [4.78, 5) is 17.4. The van der Waals surface area contributed by atoms with Crippen LogP contribution in [0, 0.1) is 0 Å². The summed E-state index contributed by atoms with van der Waals surface area (Å²) < 4.78 is 30.5. The van der Waals surface area contributed by atoms with E-state index >= 15 is 0 Å². The van der Waals surface area contributed by atoms with Crippen LogP contribution in [0.5, 0.6) is 11.5 Å². The van der Waals surface area contributed by atoms with Crippen molar-refractivity contribution in [3.8, 4) is 11.5 Å². The highest BCUT2D eigenvalue weighted by molar-refractivity contribution is 7.50. The second-order valence-corrected chi connectivity index (χ2v) is 10.9. The smallest absolute Gasteiger partial charge is 0.380 e. The number of phosphoric ester groups is 1. The van der Waals surface area contributed by atoms with Gasteiger partial charge in [0.25, 0.3) is 0 Å². The Hall–Kier alpha value is -3.00. The topological polar surface area (TPSA) is 73.2 Å². The molecular formula is C23H20N3O5PS. The standard InChI is InChI=1S/C23H20N3O5PS/c27-23-22-21-17-5-4-15(14-19(17)26(23)31-32(28,29-21)30-22)6-8-24-9-11-25(12-10-24)18-2-1-3-20-16(18)7-13-33-20/h1-5,7,13-14H,6,8-12H2. The largest absolute Gasteiger partial charge is 0.667 e. The molecule has 0 N–H and O–H groups in total. The molecule has 0 saturated carbocycles. The maximum Gasteiger partial charge on any atom is 0.667 e. The lowest BCUT2D eigenvalue weighted by molar-refractivity contribution is 0.192. The Balaban J connectivity index is 1.07. The molecule has 0 spiro atoms. The third-order valence-corrected chi connectivity index (χ3v) is 8.66. The number of anilines is 1. The fourth-order valence-electron chi connectivity index (χ4n) is 4.90. The summed E-state index contributed by atoms with van der Waals surface area (Å²) in [5.41, 5.74) is 2.49. The van der Waals surface area contributed by atoms with Crippen LogP contribution in [0.4, 0.5) is 5.69 Å². The minimum atomic E-state index is -3.77. The summed E-state index contributed by atoms with van der Waals surface area (Å²) in [7, 11) is -3.77. The zero-order valence-electron chi connectivity index (χ0n) is 17.6. The number of thiophene rings is 1. The number of piperazine rings is 1. The van der Waals surface area contributed by atoms with Crippen LogP contribution in [-0.2, 0) is 11.0 Å². The van der Waals surface area contributed by atoms with E-state index in [1.165, 1.54) is 15.8 Å². The second kappa shape index (κ2) is 7.00. The zero-order valence-corrected chi connectivity index (χ0v) is 19.3. The van der Waals surface area contributed by atoms with Gasteiger partial charge in [-0.3, -0.25) is 14.3 Å². The summed E-state index contributed by atoms with van der Waals surface area (Å²) in [6, 6.07) is 14.6. The number of benzene rings is 2. The zero-order chi connectivity index (χ0) is 22.2. The lowest BCUT2D eigenvalue weighted by Gasteiger charge is -2.36. The Labute approximate surface area is 193 Å². The van der Waals surface area contributed by atoms with E-state index in [9.17, 15) is 9.36 Å². The molecule has 2 aromatic heterocycles. The highest BCUT2D eigenvalue weighted by atomic mass is 32.1. The van der Waals surface area contributed by atoms with Crippen molar-refractivity contribution in [3.63, 3.8) is 0 Å². The molecule has 33 heavy (non-hydrogen) atoms. The van der Waals surface area contributed by atoms with Crippen molar-refractivity contribution in [1.82, 2.24) is 9.63 Å². The SMILES string of the molecule is O=c1c2c3c4ccc(CCN5CCN(c6cccc7sccc67)CC5)cc4n1OP(=O)(O2)O3. The van der Waals surface area contributed by atoms with E-state index < -0.39 is 13.4 Å². The molecular weight excluding hydrogens is 461 g/mol. The van der Waals surface area contributed by atoms with Crippen LogP contribution in [0.25, 0.3) is 21.0 Å². The quantitative estimate of drug-likeness (QED) is 0.410. The summed E-state index contributed by atoms with van der Waals surface area (Å²) in [6.45, 7) is 4.93. The van der Waals surface area contributed by atoms with Crippen LogP contribution in [-0.4, -0.2) is 42.4 Å². The molecule has 3 bridgehead atoms. The van der Waals surface area contributed by atoms with Crippen LogP contribution in [0.1, 0.15) is 5.56 Å².